The average molecular weight is 346 g/mol. The highest BCUT2D eigenvalue weighted by atomic mass is 32.2. The van der Waals surface area contributed by atoms with Crippen molar-refractivity contribution >= 4 is 21.6 Å². The number of hydrogen-bond acceptors (Lipinski definition) is 3. The summed E-state index contributed by atoms with van der Waals surface area (Å²) in [5.74, 6) is -0.411. The molecule has 0 aliphatic carbocycles. The second kappa shape index (κ2) is 7.15. The van der Waals surface area contributed by atoms with Gasteiger partial charge in [0.1, 0.15) is 0 Å². The van der Waals surface area contributed by atoms with E-state index in [2.05, 4.69) is 10.0 Å². The second-order valence-corrected chi connectivity index (χ2v) is 7.67. The van der Waals surface area contributed by atoms with Crippen LogP contribution < -0.4 is 10.0 Å². The minimum absolute atomic E-state index is 0.233. The number of hydrogen-bond donors (Lipinski definition) is 2. The van der Waals surface area contributed by atoms with Crippen LogP contribution in [0.1, 0.15) is 22.3 Å². The molecule has 0 saturated heterocycles. The molecule has 128 valence electrons. The van der Waals surface area contributed by atoms with Crippen LogP contribution in [0.15, 0.2) is 41.3 Å². The third kappa shape index (κ3) is 4.43. The van der Waals surface area contributed by atoms with Gasteiger partial charge >= 0.3 is 0 Å². The predicted molar refractivity (Wildman–Crippen MR) is 95.7 cm³/mol. The molecule has 24 heavy (non-hydrogen) atoms. The molecule has 0 aliphatic rings. The third-order valence-electron chi connectivity index (χ3n) is 3.60. The third-order valence-corrected chi connectivity index (χ3v) is 5.30. The van der Waals surface area contributed by atoms with E-state index in [4.69, 9.17) is 0 Å². The van der Waals surface area contributed by atoms with Crippen LogP contribution in [0.5, 0.6) is 0 Å². The van der Waals surface area contributed by atoms with E-state index in [0.717, 1.165) is 11.1 Å². The first-order chi connectivity index (χ1) is 11.2. The van der Waals surface area contributed by atoms with E-state index in [1.165, 1.54) is 0 Å². The quantitative estimate of drug-likeness (QED) is 0.874. The molecule has 0 radical (unpaired) electrons. The maximum absolute atomic E-state index is 12.5. The van der Waals surface area contributed by atoms with Crippen molar-refractivity contribution in [1.29, 1.82) is 0 Å². The zero-order valence-corrected chi connectivity index (χ0v) is 15.1. The van der Waals surface area contributed by atoms with Crippen LogP contribution in [-0.4, -0.2) is 20.9 Å². The Morgan fingerprint density at radius 2 is 1.58 bits per heavy atom. The molecule has 0 aliphatic heterocycles. The molecule has 0 aromatic heterocycles. The molecule has 0 atom stereocenters. The van der Waals surface area contributed by atoms with E-state index in [-0.39, 0.29) is 11.4 Å². The fraction of sp³-hybridized carbons (Fsp3) is 0.278. The lowest BCUT2D eigenvalue weighted by Gasteiger charge is -2.13. The Balaban J connectivity index is 2.09. The predicted octanol–water partition coefficient (Wildman–Crippen LogP) is 2.84. The zero-order chi connectivity index (χ0) is 17.9. The van der Waals surface area contributed by atoms with Gasteiger partial charge in [-0.15, -0.1) is 0 Å². The molecule has 2 aromatic carbocycles. The van der Waals surface area contributed by atoms with Gasteiger partial charge in [0.25, 0.3) is 0 Å². The number of sulfonamides is 1. The molecule has 6 heteroatoms. The molecule has 1 amide bonds. The summed E-state index contributed by atoms with van der Waals surface area (Å²) in [6, 6.07) is 11.0. The normalized spacial score (nSPS) is 11.3. The number of carbonyl (C=O) groups is 1. The van der Waals surface area contributed by atoms with Crippen molar-refractivity contribution in [3.63, 3.8) is 0 Å². The molecule has 0 unspecified atom stereocenters. The van der Waals surface area contributed by atoms with Gasteiger partial charge in [-0.2, -0.15) is 0 Å². The number of rotatable bonds is 5. The number of nitrogens with one attached hydrogen (secondary N) is 2. The summed E-state index contributed by atoms with van der Waals surface area (Å²) in [6.45, 7) is 7.02. The van der Waals surface area contributed by atoms with Crippen LogP contribution in [0.3, 0.4) is 0 Å². The van der Waals surface area contributed by atoms with E-state index in [9.17, 15) is 13.2 Å². The van der Waals surface area contributed by atoms with Gasteiger partial charge in [-0.05, 0) is 56.5 Å². The molecule has 0 spiro atoms. The first-order valence-electron chi connectivity index (χ1n) is 7.63. The first kappa shape index (κ1) is 18.2. The zero-order valence-electron chi connectivity index (χ0n) is 14.3. The van der Waals surface area contributed by atoms with Crippen LogP contribution in [-0.2, 0) is 14.8 Å². The van der Waals surface area contributed by atoms with Crippen LogP contribution in [0.25, 0.3) is 0 Å². The molecule has 0 bridgehead atoms. The Morgan fingerprint density at radius 3 is 2.17 bits per heavy atom. The fourth-order valence-corrected chi connectivity index (χ4v) is 4.18. The lowest BCUT2D eigenvalue weighted by atomic mass is 10.1. The molecule has 2 N–H and O–H groups in total. The van der Waals surface area contributed by atoms with Crippen molar-refractivity contribution in [3.8, 4) is 0 Å². The van der Waals surface area contributed by atoms with Crippen molar-refractivity contribution in [2.75, 3.05) is 11.9 Å². The van der Waals surface area contributed by atoms with Crippen molar-refractivity contribution in [2.45, 2.75) is 32.6 Å². The molecule has 0 fully saturated rings. The number of benzene rings is 2. The van der Waals surface area contributed by atoms with Crippen LogP contribution >= 0.6 is 0 Å². The van der Waals surface area contributed by atoms with Gasteiger partial charge < -0.3 is 5.32 Å². The molecular formula is C18H22N2O3S. The van der Waals surface area contributed by atoms with E-state index in [1.54, 1.807) is 19.9 Å². The number of anilines is 1. The van der Waals surface area contributed by atoms with Crippen molar-refractivity contribution in [1.82, 2.24) is 4.72 Å². The first-order valence-corrected chi connectivity index (χ1v) is 9.11. The van der Waals surface area contributed by atoms with Gasteiger partial charge in [0.05, 0.1) is 11.4 Å². The summed E-state index contributed by atoms with van der Waals surface area (Å²) < 4.78 is 27.4. The maximum atomic E-state index is 12.5. The second-order valence-electron chi connectivity index (χ2n) is 5.97. The van der Waals surface area contributed by atoms with Gasteiger partial charge in [0.15, 0.2) is 0 Å². The maximum Gasteiger partial charge on any atom is 0.241 e. The van der Waals surface area contributed by atoms with Gasteiger partial charge in [0, 0.05) is 5.69 Å². The minimum Gasteiger partial charge on any atom is -0.325 e. The lowest BCUT2D eigenvalue weighted by molar-refractivity contribution is -0.115. The smallest absolute Gasteiger partial charge is 0.241 e. The van der Waals surface area contributed by atoms with Gasteiger partial charge in [0.2, 0.25) is 15.9 Å². The molecule has 5 nitrogen and oxygen atoms in total. The Bertz CT molecular complexity index is 851. The molecule has 0 heterocycles. The fourth-order valence-electron chi connectivity index (χ4n) is 2.75. The number of amides is 1. The average Bonchev–Trinajstić information content (AvgIpc) is 2.44. The summed E-state index contributed by atoms with van der Waals surface area (Å²) in [7, 11) is -3.74. The monoisotopic (exact) mass is 346 g/mol. The van der Waals surface area contributed by atoms with E-state index >= 15 is 0 Å². The van der Waals surface area contributed by atoms with Gasteiger partial charge in [-0.25, -0.2) is 13.1 Å². The van der Waals surface area contributed by atoms with Gasteiger partial charge in [-0.1, -0.05) is 29.8 Å². The van der Waals surface area contributed by atoms with Crippen molar-refractivity contribution < 1.29 is 13.2 Å². The summed E-state index contributed by atoms with van der Waals surface area (Å²) in [6.07, 6.45) is 0. The highest BCUT2D eigenvalue weighted by Crippen LogP contribution is 2.21. The summed E-state index contributed by atoms with van der Waals surface area (Å²) in [4.78, 5) is 12.2. The summed E-state index contributed by atoms with van der Waals surface area (Å²) >= 11 is 0. The van der Waals surface area contributed by atoms with Crippen molar-refractivity contribution in [3.05, 3.63) is 58.7 Å². The van der Waals surface area contributed by atoms with E-state index < -0.39 is 15.9 Å². The highest BCUT2D eigenvalue weighted by Gasteiger charge is 2.20. The Hall–Kier alpha value is -2.18. The molecule has 2 rings (SSSR count). The van der Waals surface area contributed by atoms with Crippen LogP contribution in [0.2, 0.25) is 0 Å². The van der Waals surface area contributed by atoms with E-state index in [0.29, 0.717) is 16.8 Å². The standard InChI is InChI=1S/C18H22N2O3S/c1-12-6-5-7-16(10-12)20-17(21)11-19-24(22,23)18-14(3)8-13(2)9-15(18)4/h5-10,19H,11H2,1-4H3,(H,20,21). The summed E-state index contributed by atoms with van der Waals surface area (Å²) in [5, 5.41) is 2.68. The molecule has 2 aromatic rings. The Morgan fingerprint density at radius 1 is 0.958 bits per heavy atom. The number of carbonyl (C=O) groups excluding carboxylic acids is 1. The van der Waals surface area contributed by atoms with Crippen molar-refractivity contribution in [2.24, 2.45) is 0 Å². The number of aryl methyl sites for hydroxylation is 4. The molecular weight excluding hydrogens is 324 g/mol. The topological polar surface area (TPSA) is 75.3 Å². The highest BCUT2D eigenvalue weighted by molar-refractivity contribution is 7.89. The van der Waals surface area contributed by atoms with Gasteiger partial charge in [-0.3, -0.25) is 4.79 Å². The lowest BCUT2D eigenvalue weighted by Crippen LogP contribution is -2.33. The largest absolute Gasteiger partial charge is 0.325 e. The van der Waals surface area contributed by atoms with Crippen LogP contribution in [0.4, 0.5) is 5.69 Å². The Labute approximate surface area is 143 Å². The Kier molecular flexibility index (Phi) is 5.41. The summed E-state index contributed by atoms with van der Waals surface area (Å²) in [5.41, 5.74) is 3.99. The SMILES string of the molecule is Cc1cccc(NC(=O)CNS(=O)(=O)c2c(C)cc(C)cc2C)c1. The van der Waals surface area contributed by atoms with Crippen LogP contribution in [0, 0.1) is 27.7 Å². The molecule has 0 saturated carbocycles. The van der Waals surface area contributed by atoms with E-state index in [1.807, 2.05) is 44.2 Å². The minimum atomic E-state index is -3.74.